The molecule has 0 radical (unpaired) electrons. The average molecular weight is 445 g/mol. The second-order valence-corrected chi connectivity index (χ2v) is 8.74. The third kappa shape index (κ3) is 7.16. The van der Waals surface area contributed by atoms with Gasteiger partial charge in [-0.1, -0.05) is 34.1 Å². The number of hydrogen-bond donors (Lipinski definition) is 5. The van der Waals surface area contributed by atoms with E-state index in [1.807, 2.05) is 27.7 Å². The number of carboxylic acid groups (broad SMARTS) is 1. The molecule has 0 bridgehead atoms. The van der Waals surface area contributed by atoms with Crippen LogP contribution in [0, 0.1) is 11.8 Å². The number of rotatable bonds is 11. The number of thiol groups is 1. The molecule has 0 spiro atoms. The van der Waals surface area contributed by atoms with Crippen molar-refractivity contribution in [3.63, 3.8) is 0 Å². The summed E-state index contributed by atoms with van der Waals surface area (Å²) < 4.78 is 0. The maximum Gasteiger partial charge on any atom is 0.326 e. The highest BCUT2D eigenvalue weighted by molar-refractivity contribution is 7.80. The Morgan fingerprint density at radius 1 is 1.20 bits per heavy atom. The van der Waals surface area contributed by atoms with Crippen molar-refractivity contribution in [3.05, 3.63) is 0 Å². The van der Waals surface area contributed by atoms with E-state index in [2.05, 4.69) is 23.3 Å². The second kappa shape index (κ2) is 12.1. The lowest BCUT2D eigenvalue weighted by Crippen LogP contribution is -2.58. The van der Waals surface area contributed by atoms with Gasteiger partial charge in [0.15, 0.2) is 0 Å². The summed E-state index contributed by atoms with van der Waals surface area (Å²) in [5.74, 6) is -2.31. The Morgan fingerprint density at radius 2 is 1.83 bits per heavy atom. The summed E-state index contributed by atoms with van der Waals surface area (Å²) in [6.07, 6.45) is 2.02. The van der Waals surface area contributed by atoms with Gasteiger partial charge in [0.1, 0.15) is 18.1 Å². The molecule has 3 amide bonds. The molecular weight excluding hydrogens is 408 g/mol. The van der Waals surface area contributed by atoms with Gasteiger partial charge in [0.2, 0.25) is 17.7 Å². The molecule has 0 aromatic carbocycles. The molecule has 9 nitrogen and oxygen atoms in total. The zero-order valence-corrected chi connectivity index (χ0v) is 19.2. The van der Waals surface area contributed by atoms with Crippen molar-refractivity contribution in [3.8, 4) is 0 Å². The maximum atomic E-state index is 13.3. The van der Waals surface area contributed by atoms with Gasteiger partial charge in [-0.2, -0.15) is 12.6 Å². The van der Waals surface area contributed by atoms with Crippen LogP contribution in [0.5, 0.6) is 0 Å². The van der Waals surface area contributed by atoms with Crippen molar-refractivity contribution < 1.29 is 24.3 Å². The van der Waals surface area contributed by atoms with Gasteiger partial charge in [-0.15, -0.1) is 0 Å². The molecule has 1 aliphatic heterocycles. The third-order valence-electron chi connectivity index (χ3n) is 5.47. The first-order chi connectivity index (χ1) is 14.0. The molecule has 1 aliphatic rings. The van der Waals surface area contributed by atoms with Crippen molar-refractivity contribution in [2.75, 3.05) is 12.3 Å². The minimum absolute atomic E-state index is 0.0914. The number of likely N-dealkylation sites (tertiary alicyclic amines) is 1. The first-order valence-corrected chi connectivity index (χ1v) is 11.2. The summed E-state index contributed by atoms with van der Waals surface area (Å²) in [7, 11) is 0. The second-order valence-electron chi connectivity index (χ2n) is 8.38. The van der Waals surface area contributed by atoms with Crippen LogP contribution in [-0.2, 0) is 19.2 Å². The van der Waals surface area contributed by atoms with Crippen LogP contribution in [0.4, 0.5) is 0 Å². The Labute approximate surface area is 183 Å². The van der Waals surface area contributed by atoms with E-state index in [0.29, 0.717) is 32.2 Å². The summed E-state index contributed by atoms with van der Waals surface area (Å²) >= 11 is 4.02. The lowest BCUT2D eigenvalue weighted by molar-refractivity contribution is -0.145. The molecule has 5 atom stereocenters. The number of hydrogen-bond acceptors (Lipinski definition) is 6. The van der Waals surface area contributed by atoms with Crippen molar-refractivity contribution in [2.24, 2.45) is 17.6 Å². The number of amides is 3. The van der Waals surface area contributed by atoms with Crippen LogP contribution in [-0.4, -0.2) is 70.2 Å². The van der Waals surface area contributed by atoms with Gasteiger partial charge in [0.25, 0.3) is 0 Å². The molecule has 0 aromatic rings. The largest absolute Gasteiger partial charge is 0.480 e. The summed E-state index contributed by atoms with van der Waals surface area (Å²) in [5.41, 5.74) is 5.73. The van der Waals surface area contributed by atoms with Crippen LogP contribution in [0.15, 0.2) is 0 Å². The minimum Gasteiger partial charge on any atom is -0.480 e. The van der Waals surface area contributed by atoms with Crippen molar-refractivity contribution in [2.45, 2.75) is 77.5 Å². The van der Waals surface area contributed by atoms with Gasteiger partial charge in [-0.05, 0) is 31.1 Å². The van der Waals surface area contributed by atoms with Crippen molar-refractivity contribution in [1.29, 1.82) is 0 Å². The van der Waals surface area contributed by atoms with Crippen LogP contribution >= 0.6 is 12.6 Å². The molecule has 0 aromatic heterocycles. The highest BCUT2D eigenvalue weighted by atomic mass is 32.1. The highest BCUT2D eigenvalue weighted by Crippen LogP contribution is 2.22. The van der Waals surface area contributed by atoms with Crippen LogP contribution in [0.3, 0.4) is 0 Å². The van der Waals surface area contributed by atoms with Crippen LogP contribution in [0.1, 0.15) is 53.4 Å². The van der Waals surface area contributed by atoms with Gasteiger partial charge < -0.3 is 26.4 Å². The highest BCUT2D eigenvalue weighted by Gasteiger charge is 2.40. The molecule has 5 unspecified atom stereocenters. The fourth-order valence-electron chi connectivity index (χ4n) is 3.47. The molecule has 1 heterocycles. The van der Waals surface area contributed by atoms with E-state index < -0.39 is 42.0 Å². The molecule has 1 saturated heterocycles. The van der Waals surface area contributed by atoms with Gasteiger partial charge in [-0.25, -0.2) is 4.79 Å². The van der Waals surface area contributed by atoms with E-state index in [0.717, 1.165) is 0 Å². The average Bonchev–Trinajstić information content (AvgIpc) is 3.19. The lowest BCUT2D eigenvalue weighted by Gasteiger charge is -2.32. The van der Waals surface area contributed by atoms with E-state index in [1.165, 1.54) is 4.90 Å². The number of carbonyl (C=O) groups excluding carboxylic acids is 3. The molecular formula is C20H36N4O5S. The monoisotopic (exact) mass is 444 g/mol. The number of carbonyl (C=O) groups is 4. The Balaban J connectivity index is 2.97. The molecule has 1 fully saturated rings. The molecule has 10 heteroatoms. The van der Waals surface area contributed by atoms with Gasteiger partial charge in [0, 0.05) is 12.3 Å². The normalized spacial score (nSPS) is 20.4. The van der Waals surface area contributed by atoms with Gasteiger partial charge >= 0.3 is 5.97 Å². The molecule has 30 heavy (non-hydrogen) atoms. The van der Waals surface area contributed by atoms with E-state index >= 15 is 0 Å². The summed E-state index contributed by atoms with van der Waals surface area (Å²) in [4.78, 5) is 51.3. The number of nitrogens with one attached hydrogen (secondary N) is 2. The fraction of sp³-hybridized carbons (Fsp3) is 0.800. The standard InChI is InChI=1S/C20H36N4O5S/c1-5-12(4)16(23-17(25)13(21)10-30)19(27)24-8-6-7-15(24)18(26)22-14(20(28)29)9-11(2)3/h11-16,30H,5-10,21H2,1-4H3,(H,22,26)(H,23,25)(H,28,29). The molecule has 172 valence electrons. The first-order valence-electron chi connectivity index (χ1n) is 10.5. The van der Waals surface area contributed by atoms with Crippen molar-refractivity contribution in [1.82, 2.24) is 15.5 Å². The number of nitrogens with zero attached hydrogens (tertiary/aromatic N) is 1. The lowest BCUT2D eigenvalue weighted by atomic mass is 9.97. The molecule has 1 rings (SSSR count). The number of aliphatic carboxylic acids is 1. The van der Waals surface area contributed by atoms with Crippen LogP contribution < -0.4 is 16.4 Å². The number of nitrogens with two attached hydrogens (primary N) is 1. The van der Waals surface area contributed by atoms with E-state index in [1.54, 1.807) is 0 Å². The molecule has 0 saturated carbocycles. The number of carboxylic acids is 1. The summed E-state index contributed by atoms with van der Waals surface area (Å²) in [5, 5.41) is 14.7. The Hall–Kier alpha value is -1.81. The third-order valence-corrected chi connectivity index (χ3v) is 5.86. The smallest absolute Gasteiger partial charge is 0.326 e. The van der Waals surface area contributed by atoms with Crippen LogP contribution in [0.2, 0.25) is 0 Å². The van der Waals surface area contributed by atoms with Gasteiger partial charge in [-0.3, -0.25) is 14.4 Å². The molecule has 0 aliphatic carbocycles. The van der Waals surface area contributed by atoms with E-state index in [-0.39, 0.29) is 23.5 Å². The Kier molecular flexibility index (Phi) is 10.6. The summed E-state index contributed by atoms with van der Waals surface area (Å²) in [6, 6.07) is -3.41. The van der Waals surface area contributed by atoms with Gasteiger partial charge in [0.05, 0.1) is 6.04 Å². The Morgan fingerprint density at radius 3 is 2.33 bits per heavy atom. The zero-order valence-electron chi connectivity index (χ0n) is 18.3. The minimum atomic E-state index is -1.10. The SMILES string of the molecule is CCC(C)C(NC(=O)C(N)CS)C(=O)N1CCCC1C(=O)NC(CC(C)C)C(=O)O. The maximum absolute atomic E-state index is 13.3. The quantitative estimate of drug-likeness (QED) is 0.292. The Bertz CT molecular complexity index is 630. The van der Waals surface area contributed by atoms with Crippen LogP contribution in [0.25, 0.3) is 0 Å². The predicted octanol–water partition coefficient (Wildman–Crippen LogP) is 0.381. The van der Waals surface area contributed by atoms with E-state index in [9.17, 15) is 24.3 Å². The first kappa shape index (κ1) is 26.2. The topological polar surface area (TPSA) is 142 Å². The fourth-order valence-corrected chi connectivity index (χ4v) is 3.63. The van der Waals surface area contributed by atoms with E-state index in [4.69, 9.17) is 5.73 Å². The summed E-state index contributed by atoms with van der Waals surface area (Å²) in [6.45, 7) is 7.89. The van der Waals surface area contributed by atoms with Crippen molar-refractivity contribution >= 4 is 36.3 Å². The zero-order chi connectivity index (χ0) is 23.0. The molecule has 5 N–H and O–H groups in total. The predicted molar refractivity (Wildman–Crippen MR) is 117 cm³/mol.